The largest absolute Gasteiger partial charge is 0.349 e. The third kappa shape index (κ3) is 4.24. The van der Waals surface area contributed by atoms with Crippen molar-refractivity contribution in [2.24, 2.45) is 0 Å². The molecule has 1 saturated heterocycles. The number of aromatic nitrogens is 1. The Bertz CT molecular complexity index is 1370. The van der Waals surface area contributed by atoms with Crippen molar-refractivity contribution in [1.82, 2.24) is 20.9 Å². The van der Waals surface area contributed by atoms with Gasteiger partial charge in [0, 0.05) is 16.7 Å². The number of rotatable bonds is 6. The van der Waals surface area contributed by atoms with Gasteiger partial charge in [0.15, 0.2) is 15.4 Å². The smallest absolute Gasteiger partial charge is 0.322 e. The molecule has 1 unspecified atom stereocenters. The van der Waals surface area contributed by atoms with Gasteiger partial charge in [0.2, 0.25) is 0 Å². The highest BCUT2D eigenvalue weighted by molar-refractivity contribution is 7.90. The highest BCUT2D eigenvalue weighted by Gasteiger charge is 2.50. The molecule has 1 aliphatic rings. The number of nitrogens with one attached hydrogen (secondary N) is 3. The van der Waals surface area contributed by atoms with Crippen LogP contribution in [0, 0.1) is 6.92 Å². The fraction of sp³-hybridized carbons (Fsp3) is 0.182. The Hall–Kier alpha value is -3.57. The van der Waals surface area contributed by atoms with Gasteiger partial charge in [-0.3, -0.25) is 14.9 Å². The van der Waals surface area contributed by atoms with E-state index in [0.717, 1.165) is 11.1 Å². The molecule has 3 aromatic rings. The van der Waals surface area contributed by atoms with Gasteiger partial charge < -0.3 is 10.6 Å². The number of carbonyl (C=O) groups excluding carboxylic acids is 3. The summed E-state index contributed by atoms with van der Waals surface area (Å²) in [4.78, 5) is 42.9. The molecule has 170 valence electrons. The Balaban J connectivity index is 1.63. The second-order valence-electron chi connectivity index (χ2n) is 7.60. The number of imide groups is 1. The van der Waals surface area contributed by atoms with Gasteiger partial charge in [-0.2, -0.15) is 0 Å². The number of amides is 4. The summed E-state index contributed by atoms with van der Waals surface area (Å²) >= 11 is 1.33. The van der Waals surface area contributed by atoms with Gasteiger partial charge in [-0.05, 0) is 36.2 Å². The van der Waals surface area contributed by atoms with E-state index in [2.05, 4.69) is 20.9 Å². The van der Waals surface area contributed by atoms with Gasteiger partial charge in [-0.25, -0.2) is 18.2 Å². The van der Waals surface area contributed by atoms with Crippen LogP contribution >= 0.6 is 11.3 Å². The summed E-state index contributed by atoms with van der Waals surface area (Å²) in [6, 6.07) is 12.4. The second-order valence-corrected chi connectivity index (χ2v) is 10.7. The second kappa shape index (κ2) is 8.41. The van der Waals surface area contributed by atoms with Gasteiger partial charge in [-0.1, -0.05) is 30.3 Å². The fourth-order valence-corrected chi connectivity index (χ4v) is 4.99. The molecule has 0 bridgehead atoms. The van der Waals surface area contributed by atoms with E-state index in [4.69, 9.17) is 0 Å². The zero-order chi connectivity index (χ0) is 23.8. The third-order valence-electron chi connectivity index (χ3n) is 5.37. The molecular formula is C22H20N4O5S2. The van der Waals surface area contributed by atoms with Crippen LogP contribution in [0.3, 0.4) is 0 Å². The summed E-state index contributed by atoms with van der Waals surface area (Å²) in [6.45, 7) is 1.58. The molecular weight excluding hydrogens is 464 g/mol. The summed E-state index contributed by atoms with van der Waals surface area (Å²) in [5.41, 5.74) is 2.02. The minimum absolute atomic E-state index is 0.178. The van der Waals surface area contributed by atoms with E-state index in [0.29, 0.717) is 22.4 Å². The van der Waals surface area contributed by atoms with Crippen LogP contribution in [-0.2, 0) is 20.2 Å². The number of urea groups is 1. The van der Waals surface area contributed by atoms with E-state index >= 15 is 0 Å². The quantitative estimate of drug-likeness (QED) is 0.458. The highest BCUT2D eigenvalue weighted by Crippen LogP contribution is 2.29. The molecule has 0 saturated carbocycles. The number of thiazole rings is 1. The van der Waals surface area contributed by atoms with Crippen molar-refractivity contribution >= 4 is 39.0 Å². The standard InChI is InChI=1S/C22H20N4O5S2/c1-13-18(24-12-32-13)22(20(28)25-21(29)26-22)11-23-19(27)17-6-4-3-5-16(17)14-7-9-15(10-8-14)33(2,30)31/h3-10,12H,11H2,1-2H3,(H,23,27)(H2,25,26,28,29). The number of nitrogens with zero attached hydrogens (tertiary/aromatic N) is 1. The third-order valence-corrected chi connectivity index (χ3v) is 7.26. The Labute approximate surface area is 194 Å². The average Bonchev–Trinajstić information content (AvgIpc) is 3.34. The van der Waals surface area contributed by atoms with Crippen LogP contribution in [0.15, 0.2) is 58.9 Å². The zero-order valence-electron chi connectivity index (χ0n) is 17.7. The number of hydrogen-bond acceptors (Lipinski definition) is 7. The maximum Gasteiger partial charge on any atom is 0.322 e. The van der Waals surface area contributed by atoms with Crippen LogP contribution in [0.25, 0.3) is 11.1 Å². The van der Waals surface area contributed by atoms with Crippen molar-refractivity contribution in [1.29, 1.82) is 0 Å². The van der Waals surface area contributed by atoms with Gasteiger partial charge in [0.1, 0.15) is 0 Å². The van der Waals surface area contributed by atoms with Gasteiger partial charge in [-0.15, -0.1) is 11.3 Å². The average molecular weight is 485 g/mol. The molecule has 1 atom stereocenters. The van der Waals surface area contributed by atoms with Crippen LogP contribution in [0.2, 0.25) is 0 Å². The molecule has 1 aromatic heterocycles. The Kier molecular flexibility index (Phi) is 5.76. The maximum absolute atomic E-state index is 13.1. The molecule has 2 aromatic carbocycles. The SMILES string of the molecule is Cc1scnc1C1(CNC(=O)c2ccccc2-c2ccc(S(C)(=O)=O)cc2)NC(=O)NC1=O. The molecule has 0 spiro atoms. The van der Waals surface area contributed by atoms with Crippen molar-refractivity contribution in [3.05, 3.63) is 70.2 Å². The predicted molar refractivity (Wildman–Crippen MR) is 123 cm³/mol. The van der Waals surface area contributed by atoms with Gasteiger partial charge >= 0.3 is 6.03 Å². The highest BCUT2D eigenvalue weighted by atomic mass is 32.2. The van der Waals surface area contributed by atoms with Crippen molar-refractivity contribution < 1.29 is 22.8 Å². The minimum atomic E-state index is -3.34. The first-order valence-electron chi connectivity index (χ1n) is 9.84. The maximum atomic E-state index is 13.1. The van der Waals surface area contributed by atoms with E-state index < -0.39 is 33.2 Å². The molecule has 3 N–H and O–H groups in total. The summed E-state index contributed by atoms with van der Waals surface area (Å²) < 4.78 is 23.5. The molecule has 4 amide bonds. The van der Waals surface area contributed by atoms with E-state index in [9.17, 15) is 22.8 Å². The summed E-state index contributed by atoms with van der Waals surface area (Å²) in [5.74, 6) is -1.05. The molecule has 11 heteroatoms. The molecule has 9 nitrogen and oxygen atoms in total. The number of hydrogen-bond donors (Lipinski definition) is 3. The van der Waals surface area contributed by atoms with E-state index in [1.165, 1.54) is 23.5 Å². The summed E-state index contributed by atoms with van der Waals surface area (Å²) in [7, 11) is -3.34. The summed E-state index contributed by atoms with van der Waals surface area (Å²) in [5, 5.41) is 7.57. The summed E-state index contributed by atoms with van der Waals surface area (Å²) in [6.07, 6.45) is 1.13. The van der Waals surface area contributed by atoms with E-state index in [1.54, 1.807) is 48.8 Å². The fourth-order valence-electron chi connectivity index (χ4n) is 3.70. The Morgan fingerprint density at radius 3 is 2.39 bits per heavy atom. The van der Waals surface area contributed by atoms with Crippen molar-refractivity contribution in [3.8, 4) is 11.1 Å². The van der Waals surface area contributed by atoms with Crippen molar-refractivity contribution in [2.75, 3.05) is 12.8 Å². The van der Waals surface area contributed by atoms with Gasteiger partial charge in [0.05, 0.1) is 22.6 Å². The molecule has 0 radical (unpaired) electrons. The number of aryl methyl sites for hydroxylation is 1. The van der Waals surface area contributed by atoms with Crippen LogP contribution in [0.5, 0.6) is 0 Å². The van der Waals surface area contributed by atoms with Crippen LogP contribution < -0.4 is 16.0 Å². The molecule has 33 heavy (non-hydrogen) atoms. The number of carbonyl (C=O) groups is 3. The first-order chi connectivity index (χ1) is 15.6. The Morgan fingerprint density at radius 1 is 1.12 bits per heavy atom. The van der Waals surface area contributed by atoms with E-state index in [-0.39, 0.29) is 11.4 Å². The molecule has 1 aliphatic heterocycles. The normalized spacial score (nSPS) is 18.0. The monoisotopic (exact) mass is 484 g/mol. The lowest BCUT2D eigenvalue weighted by atomic mass is 9.93. The first-order valence-corrected chi connectivity index (χ1v) is 12.6. The van der Waals surface area contributed by atoms with Crippen molar-refractivity contribution in [2.45, 2.75) is 17.4 Å². The van der Waals surface area contributed by atoms with Crippen molar-refractivity contribution in [3.63, 3.8) is 0 Å². The molecule has 2 heterocycles. The first kappa shape index (κ1) is 22.6. The minimum Gasteiger partial charge on any atom is -0.349 e. The van der Waals surface area contributed by atoms with Crippen LogP contribution in [0.4, 0.5) is 4.79 Å². The lowest BCUT2D eigenvalue weighted by molar-refractivity contribution is -0.124. The van der Waals surface area contributed by atoms with Crippen LogP contribution in [-0.4, -0.2) is 44.0 Å². The Morgan fingerprint density at radius 2 is 1.82 bits per heavy atom. The zero-order valence-corrected chi connectivity index (χ0v) is 19.3. The lowest BCUT2D eigenvalue weighted by Crippen LogP contribution is -2.53. The molecule has 1 fully saturated rings. The topological polar surface area (TPSA) is 134 Å². The van der Waals surface area contributed by atoms with Crippen LogP contribution in [0.1, 0.15) is 20.9 Å². The van der Waals surface area contributed by atoms with E-state index in [1.807, 2.05) is 0 Å². The number of sulfone groups is 1. The number of benzene rings is 2. The molecule has 4 rings (SSSR count). The van der Waals surface area contributed by atoms with Gasteiger partial charge in [0.25, 0.3) is 11.8 Å². The molecule has 0 aliphatic carbocycles. The predicted octanol–water partition coefficient (Wildman–Crippen LogP) is 1.99. The lowest BCUT2D eigenvalue weighted by Gasteiger charge is -2.25.